The zero-order valence-corrected chi connectivity index (χ0v) is 13.5. The van der Waals surface area contributed by atoms with E-state index < -0.39 is 0 Å². The number of ether oxygens (including phenoxy) is 2. The number of benzene rings is 1. The Hall–Kier alpha value is -1.97. The first-order valence-electron chi connectivity index (χ1n) is 7.39. The molecule has 21 heavy (non-hydrogen) atoms. The van der Waals surface area contributed by atoms with Crippen molar-refractivity contribution in [3.63, 3.8) is 0 Å². The van der Waals surface area contributed by atoms with Crippen LogP contribution >= 0.6 is 0 Å². The smallest absolute Gasteiger partial charge is 0.145 e. The molecule has 0 spiro atoms. The molecular weight excluding hydrogens is 264 g/mol. The highest BCUT2D eigenvalue weighted by molar-refractivity contribution is 6.00. The largest absolute Gasteiger partial charge is 0.496 e. The van der Waals surface area contributed by atoms with Crippen molar-refractivity contribution in [2.75, 3.05) is 26.1 Å². The lowest BCUT2D eigenvalue weighted by Gasteiger charge is -2.16. The second-order valence-corrected chi connectivity index (χ2v) is 5.48. The first-order valence-corrected chi connectivity index (χ1v) is 7.39. The summed E-state index contributed by atoms with van der Waals surface area (Å²) < 4.78 is 11.0. The Morgan fingerprint density at radius 1 is 1.14 bits per heavy atom. The fourth-order valence-electron chi connectivity index (χ4n) is 2.53. The topological polar surface area (TPSA) is 43.4 Å². The van der Waals surface area contributed by atoms with E-state index in [4.69, 9.17) is 14.5 Å². The molecule has 0 aliphatic carbocycles. The zero-order valence-electron chi connectivity index (χ0n) is 13.5. The highest BCUT2D eigenvalue weighted by Crippen LogP contribution is 2.37. The number of anilines is 1. The van der Waals surface area contributed by atoms with E-state index in [0.717, 1.165) is 46.7 Å². The van der Waals surface area contributed by atoms with Crippen molar-refractivity contribution < 1.29 is 9.47 Å². The van der Waals surface area contributed by atoms with Crippen molar-refractivity contribution in [2.45, 2.75) is 27.2 Å². The Labute approximate surface area is 126 Å². The van der Waals surface area contributed by atoms with Crippen LogP contribution in [0.15, 0.2) is 18.2 Å². The van der Waals surface area contributed by atoms with E-state index in [2.05, 4.69) is 32.2 Å². The normalized spacial score (nSPS) is 11.0. The summed E-state index contributed by atoms with van der Waals surface area (Å²) in [7, 11) is 3.35. The highest BCUT2D eigenvalue weighted by Gasteiger charge is 2.15. The van der Waals surface area contributed by atoms with Gasteiger partial charge in [0, 0.05) is 17.9 Å². The molecule has 0 aliphatic rings. The van der Waals surface area contributed by atoms with Gasteiger partial charge in [-0.3, -0.25) is 0 Å². The number of nitrogens with one attached hydrogen (secondary N) is 1. The van der Waals surface area contributed by atoms with E-state index in [1.165, 1.54) is 0 Å². The van der Waals surface area contributed by atoms with E-state index in [1.807, 2.05) is 12.1 Å². The van der Waals surface area contributed by atoms with Gasteiger partial charge in [0.05, 0.1) is 19.6 Å². The van der Waals surface area contributed by atoms with Crippen LogP contribution in [0.3, 0.4) is 0 Å². The van der Waals surface area contributed by atoms with Crippen molar-refractivity contribution in [1.29, 1.82) is 0 Å². The van der Waals surface area contributed by atoms with Crippen LogP contribution in [0.25, 0.3) is 10.9 Å². The van der Waals surface area contributed by atoms with Gasteiger partial charge in [0.2, 0.25) is 0 Å². The maximum atomic E-state index is 5.50. The number of hydrogen-bond donors (Lipinski definition) is 1. The summed E-state index contributed by atoms with van der Waals surface area (Å²) in [6, 6.07) is 5.95. The Kier molecular flexibility index (Phi) is 4.89. The first-order chi connectivity index (χ1) is 10.1. The molecule has 0 aliphatic heterocycles. The second-order valence-electron chi connectivity index (χ2n) is 5.48. The number of hydrogen-bond acceptors (Lipinski definition) is 4. The highest BCUT2D eigenvalue weighted by atomic mass is 16.5. The van der Waals surface area contributed by atoms with Gasteiger partial charge >= 0.3 is 0 Å². The molecule has 4 nitrogen and oxygen atoms in total. The minimum Gasteiger partial charge on any atom is -0.496 e. The SMILES string of the molecule is CCNc1cc(CC(C)C)nc2c(OC)ccc(OC)c12. The predicted octanol–water partition coefficient (Wildman–Crippen LogP) is 3.88. The molecule has 2 aromatic rings. The van der Waals surface area contributed by atoms with Gasteiger partial charge in [-0.25, -0.2) is 4.98 Å². The van der Waals surface area contributed by atoms with E-state index in [1.54, 1.807) is 14.2 Å². The Morgan fingerprint density at radius 2 is 1.81 bits per heavy atom. The average molecular weight is 288 g/mol. The lowest BCUT2D eigenvalue weighted by molar-refractivity contribution is 0.409. The van der Waals surface area contributed by atoms with Crippen LogP contribution in [0.4, 0.5) is 5.69 Å². The summed E-state index contributed by atoms with van der Waals surface area (Å²) in [5.74, 6) is 2.14. The monoisotopic (exact) mass is 288 g/mol. The maximum absolute atomic E-state index is 5.50. The summed E-state index contributed by atoms with van der Waals surface area (Å²) in [6.07, 6.45) is 0.939. The van der Waals surface area contributed by atoms with Crippen molar-refractivity contribution in [3.05, 3.63) is 23.9 Å². The van der Waals surface area contributed by atoms with Crippen LogP contribution in [-0.2, 0) is 6.42 Å². The van der Waals surface area contributed by atoms with E-state index in [9.17, 15) is 0 Å². The van der Waals surface area contributed by atoms with Crippen molar-refractivity contribution in [1.82, 2.24) is 4.98 Å². The van der Waals surface area contributed by atoms with Gasteiger partial charge in [0.1, 0.15) is 17.0 Å². The third-order valence-corrected chi connectivity index (χ3v) is 3.36. The van der Waals surface area contributed by atoms with Crippen molar-refractivity contribution >= 4 is 16.6 Å². The van der Waals surface area contributed by atoms with Crippen LogP contribution in [0.5, 0.6) is 11.5 Å². The molecule has 0 bridgehead atoms. The average Bonchev–Trinajstić information content (AvgIpc) is 2.45. The molecular formula is C17H24N2O2. The first kappa shape index (κ1) is 15.4. The number of rotatable bonds is 6. The van der Waals surface area contributed by atoms with E-state index in [0.29, 0.717) is 5.92 Å². The van der Waals surface area contributed by atoms with E-state index >= 15 is 0 Å². The summed E-state index contributed by atoms with van der Waals surface area (Å²) in [6.45, 7) is 7.32. The zero-order chi connectivity index (χ0) is 15.4. The number of methoxy groups -OCH3 is 2. The number of nitrogens with zero attached hydrogens (tertiary/aromatic N) is 1. The van der Waals surface area contributed by atoms with Crippen molar-refractivity contribution in [2.24, 2.45) is 5.92 Å². The third-order valence-electron chi connectivity index (χ3n) is 3.36. The predicted molar refractivity (Wildman–Crippen MR) is 87.6 cm³/mol. The molecule has 0 amide bonds. The van der Waals surface area contributed by atoms with Gasteiger partial charge in [-0.2, -0.15) is 0 Å². The molecule has 114 valence electrons. The molecule has 0 unspecified atom stereocenters. The summed E-state index contributed by atoms with van der Waals surface area (Å²) >= 11 is 0. The lowest BCUT2D eigenvalue weighted by atomic mass is 10.0. The molecule has 0 saturated heterocycles. The molecule has 1 heterocycles. The molecule has 0 saturated carbocycles. The van der Waals surface area contributed by atoms with Crippen LogP contribution in [0.1, 0.15) is 26.5 Å². The summed E-state index contributed by atoms with van der Waals surface area (Å²) in [5.41, 5.74) is 2.97. The molecule has 1 aromatic heterocycles. The number of fused-ring (bicyclic) bond motifs is 1. The van der Waals surface area contributed by atoms with Gasteiger partial charge < -0.3 is 14.8 Å². The fraction of sp³-hybridized carbons (Fsp3) is 0.471. The fourth-order valence-corrected chi connectivity index (χ4v) is 2.53. The van der Waals surface area contributed by atoms with Crippen LogP contribution in [-0.4, -0.2) is 25.7 Å². The maximum Gasteiger partial charge on any atom is 0.145 e. The Bertz CT molecular complexity index is 624. The molecule has 1 aromatic carbocycles. The number of pyridine rings is 1. The second kappa shape index (κ2) is 6.66. The van der Waals surface area contributed by atoms with Crippen LogP contribution in [0, 0.1) is 5.92 Å². The molecule has 1 N–H and O–H groups in total. The van der Waals surface area contributed by atoms with Gasteiger partial charge in [0.25, 0.3) is 0 Å². The van der Waals surface area contributed by atoms with E-state index in [-0.39, 0.29) is 0 Å². The minimum atomic E-state index is 0.557. The van der Waals surface area contributed by atoms with Gasteiger partial charge in [-0.1, -0.05) is 13.8 Å². The lowest BCUT2D eigenvalue weighted by Crippen LogP contribution is -2.04. The van der Waals surface area contributed by atoms with Gasteiger partial charge in [-0.15, -0.1) is 0 Å². The Balaban J connectivity index is 2.73. The molecule has 4 heteroatoms. The molecule has 2 rings (SSSR count). The van der Waals surface area contributed by atoms with Crippen LogP contribution < -0.4 is 14.8 Å². The molecule has 0 atom stereocenters. The van der Waals surface area contributed by atoms with Crippen molar-refractivity contribution in [3.8, 4) is 11.5 Å². The van der Waals surface area contributed by atoms with Gasteiger partial charge in [0.15, 0.2) is 0 Å². The number of aromatic nitrogens is 1. The standard InChI is InChI=1S/C17H24N2O2/c1-6-18-13-10-12(9-11(2)3)19-17-15(21-5)8-7-14(20-4)16(13)17/h7-8,10-11H,6,9H2,1-5H3,(H,18,19). The quantitative estimate of drug-likeness (QED) is 0.876. The van der Waals surface area contributed by atoms with Crippen LogP contribution in [0.2, 0.25) is 0 Å². The molecule has 0 fully saturated rings. The summed E-state index contributed by atoms with van der Waals surface area (Å²) in [4.78, 5) is 4.79. The summed E-state index contributed by atoms with van der Waals surface area (Å²) in [5, 5.41) is 4.39. The third kappa shape index (κ3) is 3.20. The molecule has 0 radical (unpaired) electrons. The van der Waals surface area contributed by atoms with Gasteiger partial charge in [-0.05, 0) is 37.5 Å². The Morgan fingerprint density at radius 3 is 2.38 bits per heavy atom. The minimum absolute atomic E-state index is 0.557.